The molecule has 0 aliphatic heterocycles. The molecule has 0 N–H and O–H groups in total. The molecule has 3 aromatic carbocycles. The molecule has 4 heteroatoms. The number of hydrogen-bond acceptors (Lipinski definition) is 1. The van der Waals surface area contributed by atoms with E-state index in [4.69, 9.17) is 0 Å². The smallest absolute Gasteiger partial charge is 0.159 e. The van der Waals surface area contributed by atoms with Crippen molar-refractivity contribution in [3.63, 3.8) is 0 Å². The first kappa shape index (κ1) is 17.3. The van der Waals surface area contributed by atoms with E-state index in [1.165, 1.54) is 11.1 Å². The van der Waals surface area contributed by atoms with E-state index >= 15 is 0 Å². The number of rotatable bonds is 3. The van der Waals surface area contributed by atoms with Crippen molar-refractivity contribution in [1.82, 2.24) is 9.78 Å². The first-order valence-corrected chi connectivity index (χ1v) is 7.90. The SMILES string of the molecule is Cn1c(-c2ccc(-c3ccccc3)cc2)cn[n+]1-c1[c-]cccc1.[Rh]. The Bertz CT molecular complexity index is 946. The van der Waals surface area contributed by atoms with Crippen LogP contribution in [0.25, 0.3) is 28.1 Å². The van der Waals surface area contributed by atoms with Gasteiger partial charge in [-0.15, -0.1) is 10.7 Å². The second-order valence-electron chi connectivity index (χ2n) is 5.63. The molecule has 0 fully saturated rings. The van der Waals surface area contributed by atoms with Crippen molar-refractivity contribution in [2.24, 2.45) is 7.05 Å². The zero-order valence-corrected chi connectivity index (χ0v) is 15.4. The molecule has 0 aliphatic rings. The molecule has 0 saturated carbocycles. The van der Waals surface area contributed by atoms with Crippen LogP contribution in [0.1, 0.15) is 0 Å². The molecule has 3 nitrogen and oxygen atoms in total. The van der Waals surface area contributed by atoms with Gasteiger partial charge in [0.2, 0.25) is 0 Å². The molecule has 1 radical (unpaired) electrons. The Morgan fingerprint density at radius 3 is 2.12 bits per heavy atom. The zero-order valence-electron chi connectivity index (χ0n) is 13.8. The van der Waals surface area contributed by atoms with Crippen molar-refractivity contribution < 1.29 is 24.3 Å². The second kappa shape index (κ2) is 7.54. The largest absolute Gasteiger partial charge is 0.170 e. The fourth-order valence-corrected chi connectivity index (χ4v) is 2.83. The molecule has 1 aromatic heterocycles. The number of para-hydroxylation sites is 1. The average molecular weight is 414 g/mol. The van der Waals surface area contributed by atoms with Crippen molar-refractivity contribution in [1.29, 1.82) is 0 Å². The van der Waals surface area contributed by atoms with E-state index in [1.807, 2.05) is 53.1 Å². The van der Waals surface area contributed by atoms with Gasteiger partial charge in [0.05, 0.1) is 7.05 Å². The third kappa shape index (κ3) is 3.45. The van der Waals surface area contributed by atoms with Gasteiger partial charge in [-0.25, -0.2) is 0 Å². The van der Waals surface area contributed by atoms with Crippen molar-refractivity contribution in [2.45, 2.75) is 0 Å². The van der Waals surface area contributed by atoms with Crippen molar-refractivity contribution in [2.75, 3.05) is 0 Å². The molecule has 4 aromatic rings. The maximum absolute atomic E-state index is 4.49. The van der Waals surface area contributed by atoms with Crippen molar-refractivity contribution >= 4 is 0 Å². The van der Waals surface area contributed by atoms with Crippen LogP contribution < -0.4 is 4.80 Å². The summed E-state index contributed by atoms with van der Waals surface area (Å²) < 4.78 is 2.03. The quantitative estimate of drug-likeness (QED) is 0.284. The molecule has 125 valence electrons. The standard InChI is InChI=1S/C21H17N3.Rh/c1-23-21(16-22-24(23)20-10-6-3-7-11-20)19-14-12-18(13-15-19)17-8-4-2-5-9-17;/h2-10,12-16H,1H3;. The van der Waals surface area contributed by atoms with Gasteiger partial charge in [0.25, 0.3) is 0 Å². The van der Waals surface area contributed by atoms with Crippen LogP contribution in [0.3, 0.4) is 0 Å². The molecule has 0 aliphatic carbocycles. The van der Waals surface area contributed by atoms with E-state index in [9.17, 15) is 0 Å². The Morgan fingerprint density at radius 2 is 1.44 bits per heavy atom. The van der Waals surface area contributed by atoms with Gasteiger partial charge in [0.15, 0.2) is 5.69 Å². The molecule has 1 heterocycles. The van der Waals surface area contributed by atoms with Crippen LogP contribution in [0, 0.1) is 6.07 Å². The van der Waals surface area contributed by atoms with Crippen LogP contribution in [0.5, 0.6) is 0 Å². The Hall–Kier alpha value is -2.58. The van der Waals surface area contributed by atoms with Gasteiger partial charge in [0.1, 0.15) is 11.9 Å². The average Bonchev–Trinajstić information content (AvgIpc) is 3.05. The van der Waals surface area contributed by atoms with Gasteiger partial charge >= 0.3 is 0 Å². The third-order valence-corrected chi connectivity index (χ3v) is 4.12. The maximum Gasteiger partial charge on any atom is 0.159 e. The van der Waals surface area contributed by atoms with Gasteiger partial charge < -0.3 is 0 Å². The maximum atomic E-state index is 4.49. The fourth-order valence-electron chi connectivity index (χ4n) is 2.83. The Labute approximate surface area is 160 Å². The molecule has 0 atom stereocenters. The molecule has 0 spiro atoms. The van der Waals surface area contributed by atoms with Crippen molar-refractivity contribution in [3.05, 3.63) is 91.1 Å². The molecule has 0 saturated heterocycles. The van der Waals surface area contributed by atoms with E-state index in [-0.39, 0.29) is 19.5 Å². The second-order valence-corrected chi connectivity index (χ2v) is 5.63. The van der Waals surface area contributed by atoms with E-state index in [0.717, 1.165) is 16.9 Å². The summed E-state index contributed by atoms with van der Waals surface area (Å²) in [6.07, 6.45) is 1.89. The molecular formula is C21H17N3Rh. The van der Waals surface area contributed by atoms with Gasteiger partial charge in [-0.1, -0.05) is 60.7 Å². The normalized spacial score (nSPS) is 10.3. The molecule has 0 unspecified atom stereocenters. The van der Waals surface area contributed by atoms with Crippen LogP contribution in [0.2, 0.25) is 0 Å². The van der Waals surface area contributed by atoms with Crippen molar-refractivity contribution in [3.8, 4) is 28.1 Å². The summed E-state index contributed by atoms with van der Waals surface area (Å²) in [5.74, 6) is 0. The molecular weight excluding hydrogens is 397 g/mol. The first-order chi connectivity index (χ1) is 11.8. The molecule has 4 rings (SSSR count). The summed E-state index contributed by atoms with van der Waals surface area (Å²) in [5, 5.41) is 4.49. The Kier molecular flexibility index (Phi) is 5.20. The first-order valence-electron chi connectivity index (χ1n) is 7.90. The minimum atomic E-state index is 0. The van der Waals surface area contributed by atoms with E-state index in [2.05, 4.69) is 59.7 Å². The third-order valence-electron chi connectivity index (χ3n) is 4.12. The monoisotopic (exact) mass is 414 g/mol. The summed E-state index contributed by atoms with van der Waals surface area (Å²) in [6.45, 7) is 0. The zero-order chi connectivity index (χ0) is 16.4. The van der Waals surface area contributed by atoms with Crippen LogP contribution in [0.4, 0.5) is 0 Å². The van der Waals surface area contributed by atoms with E-state index in [0.29, 0.717) is 0 Å². The molecule has 25 heavy (non-hydrogen) atoms. The number of hydrogen-bond donors (Lipinski definition) is 0. The Balaban J connectivity index is 0.00000182. The van der Waals surface area contributed by atoms with Gasteiger partial charge in [-0.05, 0) is 11.1 Å². The summed E-state index contributed by atoms with van der Waals surface area (Å²) in [7, 11) is 2.01. The van der Waals surface area contributed by atoms with Gasteiger partial charge in [-0.3, -0.25) is 0 Å². The predicted molar refractivity (Wildman–Crippen MR) is 94.4 cm³/mol. The topological polar surface area (TPSA) is 21.7 Å². The summed E-state index contributed by atoms with van der Waals surface area (Å²) in [6, 6.07) is 30.0. The minimum Gasteiger partial charge on any atom is -0.170 e. The predicted octanol–water partition coefficient (Wildman–Crippen LogP) is 3.83. The summed E-state index contributed by atoms with van der Waals surface area (Å²) >= 11 is 0. The number of aromatic nitrogens is 3. The summed E-state index contributed by atoms with van der Waals surface area (Å²) in [4.78, 5) is 1.85. The Morgan fingerprint density at radius 1 is 0.800 bits per heavy atom. The van der Waals surface area contributed by atoms with E-state index in [1.54, 1.807) is 0 Å². The van der Waals surface area contributed by atoms with Crippen LogP contribution in [0.15, 0.2) is 85.1 Å². The molecule has 0 bridgehead atoms. The van der Waals surface area contributed by atoms with Gasteiger partial charge in [0, 0.05) is 34.9 Å². The number of benzene rings is 3. The fraction of sp³-hybridized carbons (Fsp3) is 0.0476. The molecule has 0 amide bonds. The minimum absolute atomic E-state index is 0. The van der Waals surface area contributed by atoms with Crippen LogP contribution >= 0.6 is 0 Å². The van der Waals surface area contributed by atoms with Crippen LogP contribution in [-0.2, 0) is 26.5 Å². The number of nitrogens with zero attached hydrogens (tertiary/aromatic N) is 3. The van der Waals surface area contributed by atoms with Gasteiger partial charge in [-0.2, -0.15) is 18.2 Å². The van der Waals surface area contributed by atoms with E-state index < -0.39 is 0 Å². The summed E-state index contributed by atoms with van der Waals surface area (Å²) in [5.41, 5.74) is 5.56. The van der Waals surface area contributed by atoms with Crippen LogP contribution in [-0.4, -0.2) is 9.78 Å².